The van der Waals surface area contributed by atoms with Crippen molar-refractivity contribution in [3.8, 4) is 11.5 Å². The van der Waals surface area contributed by atoms with E-state index in [0.717, 1.165) is 34.6 Å². The number of alkyl halides is 1. The molecule has 0 aliphatic heterocycles. The first-order chi connectivity index (χ1) is 7.22. The van der Waals surface area contributed by atoms with Crippen LogP contribution in [-0.2, 0) is 6.54 Å². The Kier molecular flexibility index (Phi) is 4.91. The van der Waals surface area contributed by atoms with E-state index in [1.807, 2.05) is 19.1 Å². The second-order valence-corrected chi connectivity index (χ2v) is 3.75. The van der Waals surface area contributed by atoms with Crippen LogP contribution in [0.2, 0.25) is 0 Å². The number of nitrogens with one attached hydrogen (secondary N) is 1. The van der Waals surface area contributed by atoms with Crippen molar-refractivity contribution < 1.29 is 9.47 Å². The Bertz CT molecular complexity index is 329. The molecule has 0 aromatic heterocycles. The summed E-state index contributed by atoms with van der Waals surface area (Å²) in [6.45, 7) is 2.76. The third kappa shape index (κ3) is 3.11. The zero-order chi connectivity index (χ0) is 11.3. The lowest BCUT2D eigenvalue weighted by Gasteiger charge is -2.12. The molecule has 84 valence electrons. The van der Waals surface area contributed by atoms with Gasteiger partial charge in [-0.15, -0.1) is 0 Å². The Morgan fingerprint density at radius 3 is 2.40 bits per heavy atom. The highest BCUT2D eigenvalue weighted by atomic mass is 79.9. The van der Waals surface area contributed by atoms with Crippen molar-refractivity contribution in [3.63, 3.8) is 0 Å². The van der Waals surface area contributed by atoms with Gasteiger partial charge in [0.1, 0.15) is 11.5 Å². The minimum absolute atomic E-state index is 0.755. The van der Waals surface area contributed by atoms with Crippen molar-refractivity contribution in [2.45, 2.75) is 13.5 Å². The first-order valence-corrected chi connectivity index (χ1v) is 5.83. The van der Waals surface area contributed by atoms with Crippen molar-refractivity contribution in [3.05, 3.63) is 23.3 Å². The number of aryl methyl sites for hydroxylation is 1. The predicted octanol–water partition coefficient (Wildman–Crippen LogP) is 2.45. The molecule has 0 heterocycles. The quantitative estimate of drug-likeness (QED) is 0.661. The molecule has 0 saturated carbocycles. The molecule has 15 heavy (non-hydrogen) atoms. The van der Waals surface area contributed by atoms with E-state index in [9.17, 15) is 0 Å². The maximum atomic E-state index is 5.31. The molecule has 0 amide bonds. The molecule has 0 unspecified atom stereocenters. The molecule has 4 heteroatoms. The summed E-state index contributed by atoms with van der Waals surface area (Å²) in [6.07, 6.45) is 0. The number of methoxy groups -OCH3 is 2. The second kappa shape index (κ2) is 5.98. The number of rotatable bonds is 5. The van der Waals surface area contributed by atoms with Gasteiger partial charge in [0.25, 0.3) is 0 Å². The summed E-state index contributed by atoms with van der Waals surface area (Å²) in [6, 6.07) is 3.99. The fraction of sp³-hybridized carbons (Fsp3) is 0.455. The molecule has 0 bridgehead atoms. The van der Waals surface area contributed by atoms with E-state index in [-0.39, 0.29) is 0 Å². The van der Waals surface area contributed by atoms with Crippen molar-refractivity contribution in [2.24, 2.45) is 0 Å². The monoisotopic (exact) mass is 273 g/mol. The van der Waals surface area contributed by atoms with Gasteiger partial charge in [-0.1, -0.05) is 15.9 Å². The summed E-state index contributed by atoms with van der Waals surface area (Å²) in [5, 5.41) is 3.19. The van der Waals surface area contributed by atoms with Crippen LogP contribution in [0.3, 0.4) is 0 Å². The van der Waals surface area contributed by atoms with E-state index in [1.54, 1.807) is 14.2 Å². The molecule has 0 spiro atoms. The SMILES string of the molecule is COc1cc(CNCBr)c(OC)cc1C. The van der Waals surface area contributed by atoms with Crippen LogP contribution in [0.5, 0.6) is 11.5 Å². The topological polar surface area (TPSA) is 30.5 Å². The van der Waals surface area contributed by atoms with Gasteiger partial charge in [0.05, 0.1) is 19.7 Å². The van der Waals surface area contributed by atoms with Crippen LogP contribution in [-0.4, -0.2) is 19.7 Å². The van der Waals surface area contributed by atoms with E-state index in [4.69, 9.17) is 9.47 Å². The Labute approximate surface area is 98.9 Å². The van der Waals surface area contributed by atoms with Crippen LogP contribution in [0.15, 0.2) is 12.1 Å². The second-order valence-electron chi connectivity index (χ2n) is 3.19. The van der Waals surface area contributed by atoms with Crippen LogP contribution in [0, 0.1) is 6.92 Å². The van der Waals surface area contributed by atoms with Gasteiger partial charge in [0, 0.05) is 12.1 Å². The number of halogens is 1. The van der Waals surface area contributed by atoms with Crippen molar-refractivity contribution in [1.82, 2.24) is 5.32 Å². The van der Waals surface area contributed by atoms with Gasteiger partial charge < -0.3 is 14.8 Å². The molecule has 0 radical (unpaired) electrons. The smallest absolute Gasteiger partial charge is 0.123 e. The summed E-state index contributed by atoms with van der Waals surface area (Å²) in [5.74, 6) is 1.78. The summed E-state index contributed by atoms with van der Waals surface area (Å²) in [7, 11) is 3.36. The lowest BCUT2D eigenvalue weighted by Crippen LogP contribution is -2.11. The first kappa shape index (κ1) is 12.3. The molecular formula is C11H16BrNO2. The van der Waals surface area contributed by atoms with Crippen LogP contribution >= 0.6 is 15.9 Å². The molecule has 0 aliphatic rings. The van der Waals surface area contributed by atoms with Crippen LogP contribution in [0.25, 0.3) is 0 Å². The van der Waals surface area contributed by atoms with E-state index >= 15 is 0 Å². The number of benzene rings is 1. The van der Waals surface area contributed by atoms with E-state index in [0.29, 0.717) is 0 Å². The lowest BCUT2D eigenvalue weighted by atomic mass is 10.1. The van der Waals surface area contributed by atoms with Crippen LogP contribution in [0.4, 0.5) is 0 Å². The molecule has 1 aromatic carbocycles. The molecule has 0 fully saturated rings. The number of hydrogen-bond donors (Lipinski definition) is 1. The number of hydrogen-bond acceptors (Lipinski definition) is 3. The third-order valence-corrected chi connectivity index (χ3v) is 2.60. The molecule has 0 saturated heterocycles. The van der Waals surface area contributed by atoms with Crippen LogP contribution in [0.1, 0.15) is 11.1 Å². The predicted molar refractivity (Wildman–Crippen MR) is 64.9 cm³/mol. The highest BCUT2D eigenvalue weighted by Crippen LogP contribution is 2.28. The van der Waals surface area contributed by atoms with Gasteiger partial charge in [-0.2, -0.15) is 0 Å². The lowest BCUT2D eigenvalue weighted by molar-refractivity contribution is 0.395. The Morgan fingerprint density at radius 2 is 1.87 bits per heavy atom. The molecule has 0 aliphatic carbocycles. The average Bonchev–Trinajstić information content (AvgIpc) is 2.26. The molecule has 3 nitrogen and oxygen atoms in total. The van der Waals surface area contributed by atoms with Gasteiger partial charge in [0.2, 0.25) is 0 Å². The maximum absolute atomic E-state index is 5.31. The molecule has 1 aromatic rings. The molecule has 1 N–H and O–H groups in total. The highest BCUT2D eigenvalue weighted by Gasteiger charge is 2.07. The zero-order valence-corrected chi connectivity index (χ0v) is 10.8. The minimum atomic E-state index is 0.755. The third-order valence-electron chi connectivity index (χ3n) is 2.21. The van der Waals surface area contributed by atoms with Crippen molar-refractivity contribution >= 4 is 15.9 Å². The average molecular weight is 274 g/mol. The van der Waals surface area contributed by atoms with E-state index in [2.05, 4.69) is 21.2 Å². The standard InChI is InChI=1S/C11H16BrNO2/c1-8-4-11(15-3)9(6-13-7-12)5-10(8)14-2/h4-5,13H,6-7H2,1-3H3. The van der Waals surface area contributed by atoms with Gasteiger partial charge in [0.15, 0.2) is 0 Å². The van der Waals surface area contributed by atoms with Crippen molar-refractivity contribution in [2.75, 3.05) is 19.7 Å². The zero-order valence-electron chi connectivity index (χ0n) is 9.26. The summed E-state index contributed by atoms with van der Waals surface area (Å²) < 4.78 is 10.6. The Morgan fingerprint density at radius 1 is 1.20 bits per heavy atom. The summed E-state index contributed by atoms with van der Waals surface area (Å²) >= 11 is 3.32. The minimum Gasteiger partial charge on any atom is -0.496 e. The normalized spacial score (nSPS) is 10.1. The fourth-order valence-electron chi connectivity index (χ4n) is 1.43. The molecule has 1 rings (SSSR count). The van der Waals surface area contributed by atoms with Gasteiger partial charge in [-0.25, -0.2) is 0 Å². The number of ether oxygens (including phenoxy) is 2. The summed E-state index contributed by atoms with van der Waals surface area (Å²) in [4.78, 5) is 0. The highest BCUT2D eigenvalue weighted by molar-refractivity contribution is 9.09. The van der Waals surface area contributed by atoms with Gasteiger partial charge in [-0.05, 0) is 24.6 Å². The van der Waals surface area contributed by atoms with E-state index < -0.39 is 0 Å². The van der Waals surface area contributed by atoms with Crippen LogP contribution < -0.4 is 14.8 Å². The van der Waals surface area contributed by atoms with Gasteiger partial charge >= 0.3 is 0 Å². The first-order valence-electron chi connectivity index (χ1n) is 4.71. The van der Waals surface area contributed by atoms with E-state index in [1.165, 1.54) is 0 Å². The maximum Gasteiger partial charge on any atom is 0.123 e. The largest absolute Gasteiger partial charge is 0.496 e. The Hall–Kier alpha value is -0.740. The van der Waals surface area contributed by atoms with Crippen molar-refractivity contribution in [1.29, 1.82) is 0 Å². The molecular weight excluding hydrogens is 258 g/mol. The summed E-state index contributed by atoms with van der Waals surface area (Å²) in [5.41, 5.74) is 2.93. The Balaban J connectivity index is 2.99. The fourth-order valence-corrected chi connectivity index (χ4v) is 1.63. The van der Waals surface area contributed by atoms with Gasteiger partial charge in [-0.3, -0.25) is 0 Å². The molecule has 0 atom stereocenters.